The third-order valence-corrected chi connectivity index (χ3v) is 2.09. The first-order valence-corrected chi connectivity index (χ1v) is 5.30. The Labute approximate surface area is 109 Å². The zero-order chi connectivity index (χ0) is 14.3. The van der Waals surface area contributed by atoms with Gasteiger partial charge in [0, 0.05) is 11.8 Å². The quantitative estimate of drug-likeness (QED) is 0.835. The number of nitriles is 3. The molecule has 0 spiro atoms. The van der Waals surface area contributed by atoms with Crippen LogP contribution in [0.2, 0.25) is 0 Å². The molecule has 1 aromatic carbocycles. The summed E-state index contributed by atoms with van der Waals surface area (Å²) in [4.78, 5) is 0. The molecular formula is C13H9FN4O. The summed E-state index contributed by atoms with van der Waals surface area (Å²) in [6, 6.07) is 8.85. The summed E-state index contributed by atoms with van der Waals surface area (Å²) in [7, 11) is 0. The molecule has 0 aliphatic heterocycles. The third kappa shape index (κ3) is 3.46. The van der Waals surface area contributed by atoms with Crippen LogP contribution in [0.15, 0.2) is 29.5 Å². The number of hydrogen-bond acceptors (Lipinski definition) is 5. The third-order valence-electron chi connectivity index (χ3n) is 2.09. The minimum atomic E-state index is -0.598. The number of nitrogens with zero attached hydrogens (tertiary/aromatic N) is 3. The first kappa shape index (κ1) is 14.0. The first-order valence-electron chi connectivity index (χ1n) is 5.30. The highest BCUT2D eigenvalue weighted by Crippen LogP contribution is 2.22. The Morgan fingerprint density at radius 1 is 1.26 bits per heavy atom. The molecule has 0 aliphatic carbocycles. The van der Waals surface area contributed by atoms with Gasteiger partial charge in [-0.2, -0.15) is 15.8 Å². The van der Waals surface area contributed by atoms with Gasteiger partial charge in [-0.25, -0.2) is 4.39 Å². The van der Waals surface area contributed by atoms with Gasteiger partial charge >= 0.3 is 0 Å². The van der Waals surface area contributed by atoms with Crippen LogP contribution in [0.1, 0.15) is 6.92 Å². The Hall–Kier alpha value is -3.04. The smallest absolute Gasteiger partial charge is 0.167 e. The maximum atomic E-state index is 13.6. The summed E-state index contributed by atoms with van der Waals surface area (Å²) >= 11 is 0. The van der Waals surface area contributed by atoms with Crippen molar-refractivity contribution in [2.45, 2.75) is 6.92 Å². The Kier molecular flexibility index (Phi) is 4.90. The molecule has 0 atom stereocenters. The molecule has 5 nitrogen and oxygen atoms in total. The molecule has 0 aromatic heterocycles. The predicted octanol–water partition coefficient (Wildman–Crippen LogP) is 2.46. The maximum absolute atomic E-state index is 13.6. The van der Waals surface area contributed by atoms with Crippen LogP contribution in [0.25, 0.3) is 0 Å². The summed E-state index contributed by atoms with van der Waals surface area (Å²) in [5.41, 5.74) is -0.342. The van der Waals surface area contributed by atoms with Crippen LogP contribution in [-0.4, -0.2) is 6.61 Å². The van der Waals surface area contributed by atoms with Crippen molar-refractivity contribution in [2.24, 2.45) is 0 Å². The first-order chi connectivity index (χ1) is 9.15. The van der Waals surface area contributed by atoms with Crippen LogP contribution in [0.5, 0.6) is 5.75 Å². The molecule has 0 saturated heterocycles. The highest BCUT2D eigenvalue weighted by Gasteiger charge is 2.08. The molecule has 0 fully saturated rings. The second kappa shape index (κ2) is 6.64. The highest BCUT2D eigenvalue weighted by atomic mass is 19.1. The van der Waals surface area contributed by atoms with Crippen molar-refractivity contribution >= 4 is 5.69 Å². The van der Waals surface area contributed by atoms with E-state index >= 15 is 0 Å². The zero-order valence-corrected chi connectivity index (χ0v) is 10.1. The Morgan fingerprint density at radius 3 is 2.42 bits per heavy atom. The van der Waals surface area contributed by atoms with Crippen molar-refractivity contribution in [3.05, 3.63) is 35.3 Å². The second-order valence-corrected chi connectivity index (χ2v) is 3.29. The van der Waals surface area contributed by atoms with Gasteiger partial charge < -0.3 is 10.1 Å². The lowest BCUT2D eigenvalue weighted by atomic mass is 10.2. The number of allylic oxidation sites excluding steroid dienone is 2. The number of nitrogens with one attached hydrogen (secondary N) is 1. The largest absolute Gasteiger partial charge is 0.491 e. The standard InChI is InChI=1S/C13H9FN4O/c1-2-19-13-4-3-10(5-11(13)14)18-12(8-17)9(6-15)7-16/h3-5,18H,2H2,1H3. The molecule has 0 saturated carbocycles. The molecule has 0 aliphatic rings. The average molecular weight is 256 g/mol. The minimum Gasteiger partial charge on any atom is -0.491 e. The fraction of sp³-hybridized carbons (Fsp3) is 0.154. The van der Waals surface area contributed by atoms with Crippen molar-refractivity contribution in [3.63, 3.8) is 0 Å². The Bertz CT molecular complexity index is 616. The average Bonchev–Trinajstić information content (AvgIpc) is 2.42. The molecule has 6 heteroatoms. The van der Waals surface area contributed by atoms with Crippen LogP contribution < -0.4 is 10.1 Å². The van der Waals surface area contributed by atoms with E-state index in [1.165, 1.54) is 12.1 Å². The van der Waals surface area contributed by atoms with Gasteiger partial charge in [0.2, 0.25) is 0 Å². The van der Waals surface area contributed by atoms with Crippen LogP contribution in [-0.2, 0) is 0 Å². The van der Waals surface area contributed by atoms with E-state index in [1.807, 2.05) is 0 Å². The molecule has 1 aromatic rings. The zero-order valence-electron chi connectivity index (χ0n) is 10.1. The topological polar surface area (TPSA) is 92.6 Å². The lowest BCUT2D eigenvalue weighted by Crippen LogP contribution is -2.02. The fourth-order valence-electron chi connectivity index (χ4n) is 1.28. The van der Waals surface area contributed by atoms with E-state index in [4.69, 9.17) is 20.5 Å². The normalized spacial score (nSPS) is 8.58. The van der Waals surface area contributed by atoms with Crippen molar-refractivity contribution in [1.29, 1.82) is 15.8 Å². The van der Waals surface area contributed by atoms with E-state index in [0.717, 1.165) is 6.07 Å². The van der Waals surface area contributed by atoms with Gasteiger partial charge in [0.05, 0.1) is 6.61 Å². The number of halogens is 1. The van der Waals surface area contributed by atoms with Crippen LogP contribution in [0.3, 0.4) is 0 Å². The monoisotopic (exact) mass is 256 g/mol. The fourth-order valence-corrected chi connectivity index (χ4v) is 1.28. The number of ether oxygens (including phenoxy) is 1. The van der Waals surface area contributed by atoms with Crippen LogP contribution in [0.4, 0.5) is 10.1 Å². The van der Waals surface area contributed by atoms with E-state index in [0.29, 0.717) is 6.61 Å². The number of hydrogen-bond donors (Lipinski definition) is 1. The molecule has 19 heavy (non-hydrogen) atoms. The van der Waals surface area contributed by atoms with E-state index < -0.39 is 5.82 Å². The van der Waals surface area contributed by atoms with E-state index in [9.17, 15) is 4.39 Å². The summed E-state index contributed by atoms with van der Waals surface area (Å²) in [5, 5.41) is 28.7. The number of rotatable bonds is 4. The predicted molar refractivity (Wildman–Crippen MR) is 65.1 cm³/mol. The van der Waals surface area contributed by atoms with E-state index in [2.05, 4.69) is 5.32 Å². The summed E-state index contributed by atoms with van der Waals surface area (Å²) in [6.45, 7) is 2.06. The van der Waals surface area contributed by atoms with Crippen LogP contribution >= 0.6 is 0 Å². The second-order valence-electron chi connectivity index (χ2n) is 3.29. The van der Waals surface area contributed by atoms with Gasteiger partial charge in [-0.05, 0) is 19.1 Å². The summed E-state index contributed by atoms with van der Waals surface area (Å²) in [6.07, 6.45) is 0. The van der Waals surface area contributed by atoms with E-state index in [1.54, 1.807) is 25.1 Å². The Balaban J connectivity index is 3.05. The molecule has 0 bridgehead atoms. The van der Waals surface area contributed by atoms with Gasteiger partial charge in [-0.3, -0.25) is 0 Å². The van der Waals surface area contributed by atoms with Gasteiger partial charge in [0.1, 0.15) is 23.9 Å². The maximum Gasteiger partial charge on any atom is 0.167 e. The highest BCUT2D eigenvalue weighted by molar-refractivity contribution is 5.59. The number of benzene rings is 1. The molecule has 1 N–H and O–H groups in total. The molecule has 94 valence electrons. The Morgan fingerprint density at radius 2 is 1.95 bits per heavy atom. The SMILES string of the molecule is CCOc1ccc(NC(C#N)=C(C#N)C#N)cc1F. The molecule has 0 heterocycles. The van der Waals surface area contributed by atoms with Crippen molar-refractivity contribution in [3.8, 4) is 24.0 Å². The van der Waals surface area contributed by atoms with Crippen LogP contribution in [0, 0.1) is 39.8 Å². The summed E-state index contributed by atoms with van der Waals surface area (Å²) < 4.78 is 18.6. The van der Waals surface area contributed by atoms with Gasteiger partial charge in [-0.1, -0.05) is 0 Å². The molecular weight excluding hydrogens is 247 g/mol. The van der Waals surface area contributed by atoms with Crippen molar-refractivity contribution in [2.75, 3.05) is 11.9 Å². The molecule has 0 unspecified atom stereocenters. The lowest BCUT2D eigenvalue weighted by molar-refractivity contribution is 0.321. The molecule has 0 radical (unpaired) electrons. The summed E-state index contributed by atoms with van der Waals surface area (Å²) in [5.74, 6) is -0.504. The van der Waals surface area contributed by atoms with E-state index in [-0.39, 0.29) is 22.7 Å². The van der Waals surface area contributed by atoms with Crippen molar-refractivity contribution < 1.29 is 9.13 Å². The van der Waals surface area contributed by atoms with Gasteiger partial charge in [0.15, 0.2) is 17.1 Å². The van der Waals surface area contributed by atoms with Gasteiger partial charge in [-0.15, -0.1) is 0 Å². The van der Waals surface area contributed by atoms with Crippen molar-refractivity contribution in [1.82, 2.24) is 0 Å². The molecule has 0 amide bonds. The lowest BCUT2D eigenvalue weighted by Gasteiger charge is -2.08. The molecule has 1 rings (SSSR count). The van der Waals surface area contributed by atoms with Gasteiger partial charge in [0.25, 0.3) is 0 Å². The number of anilines is 1. The minimum absolute atomic E-state index is 0.0938.